The Morgan fingerprint density at radius 3 is 2.44 bits per heavy atom. The van der Waals surface area contributed by atoms with E-state index in [2.05, 4.69) is 69.4 Å². The number of aromatic nitrogens is 2. The average molecular weight is 354 g/mol. The Hall–Kier alpha value is -3.53. The highest BCUT2D eigenvalue weighted by atomic mass is 15.1. The molecule has 4 rings (SSSR count). The number of nitrogens with zero attached hydrogens (tertiary/aromatic N) is 2. The van der Waals surface area contributed by atoms with E-state index < -0.39 is 0 Å². The molecule has 0 spiro atoms. The quantitative estimate of drug-likeness (QED) is 0.487. The van der Waals surface area contributed by atoms with Gasteiger partial charge in [-0.15, -0.1) is 0 Å². The zero-order chi connectivity index (χ0) is 18.8. The van der Waals surface area contributed by atoms with Crippen LogP contribution in [0.4, 0.5) is 11.4 Å². The second kappa shape index (κ2) is 7.00. The Labute approximate surface area is 159 Å². The van der Waals surface area contributed by atoms with Crippen molar-refractivity contribution in [2.24, 2.45) is 0 Å². The molecule has 27 heavy (non-hydrogen) atoms. The summed E-state index contributed by atoms with van der Waals surface area (Å²) >= 11 is 0. The smallest absolute Gasteiger partial charge is 0.100 e. The van der Waals surface area contributed by atoms with Crippen LogP contribution in [0, 0.1) is 13.8 Å². The molecule has 0 amide bonds. The van der Waals surface area contributed by atoms with Gasteiger partial charge in [-0.2, -0.15) is 0 Å². The number of hydrogen-bond acceptors (Lipinski definition) is 3. The lowest BCUT2D eigenvalue weighted by atomic mass is 10.2. The molecule has 2 aromatic heterocycles. The van der Waals surface area contributed by atoms with Crippen molar-refractivity contribution in [1.82, 2.24) is 9.55 Å². The summed E-state index contributed by atoms with van der Waals surface area (Å²) in [5.74, 6) is 0.710. The molecule has 0 saturated heterocycles. The molecular formula is C23H22N4. The molecule has 0 fully saturated rings. The van der Waals surface area contributed by atoms with Crippen molar-refractivity contribution in [2.75, 3.05) is 10.6 Å². The van der Waals surface area contributed by atoms with Gasteiger partial charge in [0.1, 0.15) is 5.82 Å². The molecular weight excluding hydrogens is 332 g/mol. The number of nitrogens with one attached hydrogen (secondary N) is 2. The minimum absolute atomic E-state index is 0.710. The molecule has 0 aliphatic carbocycles. The number of benzene rings is 2. The van der Waals surface area contributed by atoms with E-state index in [1.54, 1.807) is 0 Å². The molecule has 2 heterocycles. The van der Waals surface area contributed by atoms with Crippen LogP contribution >= 0.6 is 0 Å². The molecule has 2 N–H and O–H groups in total. The van der Waals surface area contributed by atoms with Gasteiger partial charge in [-0.25, -0.2) is 0 Å². The second-order valence-electron chi connectivity index (χ2n) is 6.64. The Kier molecular flexibility index (Phi) is 4.38. The van der Waals surface area contributed by atoms with Gasteiger partial charge in [0, 0.05) is 23.5 Å². The second-order valence-corrected chi connectivity index (χ2v) is 6.64. The summed E-state index contributed by atoms with van der Waals surface area (Å²) in [5, 5.41) is 7.89. The largest absolute Gasteiger partial charge is 0.341 e. The van der Waals surface area contributed by atoms with Crippen molar-refractivity contribution in [3.05, 3.63) is 96.7 Å². The summed E-state index contributed by atoms with van der Waals surface area (Å²) in [6.45, 7) is 8.16. The number of rotatable bonds is 5. The molecule has 4 heteroatoms. The number of para-hydroxylation sites is 2. The summed E-state index contributed by atoms with van der Waals surface area (Å²) in [6.07, 6.45) is 3.97. The molecule has 4 aromatic rings. The van der Waals surface area contributed by atoms with E-state index in [0.717, 1.165) is 39.2 Å². The third-order valence-corrected chi connectivity index (χ3v) is 4.54. The number of pyridine rings is 1. The maximum Gasteiger partial charge on any atom is 0.100 e. The molecule has 134 valence electrons. The van der Waals surface area contributed by atoms with Crippen molar-refractivity contribution in [3.63, 3.8) is 0 Å². The molecule has 0 unspecified atom stereocenters. The molecule has 0 aliphatic rings. The molecule has 0 aliphatic heterocycles. The first-order valence-electron chi connectivity index (χ1n) is 8.93. The average Bonchev–Trinajstić information content (AvgIpc) is 3.04. The molecule has 0 bridgehead atoms. The number of fused-ring (bicyclic) bond motifs is 1. The van der Waals surface area contributed by atoms with Gasteiger partial charge in [0.2, 0.25) is 0 Å². The van der Waals surface area contributed by atoms with Crippen LogP contribution in [0.2, 0.25) is 0 Å². The van der Waals surface area contributed by atoms with Crippen LogP contribution in [0.15, 0.2) is 85.5 Å². The van der Waals surface area contributed by atoms with E-state index in [1.807, 2.05) is 44.3 Å². The van der Waals surface area contributed by atoms with Crippen molar-refractivity contribution in [3.8, 4) is 5.69 Å². The third-order valence-electron chi connectivity index (χ3n) is 4.54. The summed E-state index contributed by atoms with van der Waals surface area (Å²) in [5.41, 5.74) is 6.28. The van der Waals surface area contributed by atoms with Gasteiger partial charge < -0.3 is 15.2 Å². The van der Waals surface area contributed by atoms with E-state index in [-0.39, 0.29) is 0 Å². The van der Waals surface area contributed by atoms with Crippen LogP contribution in [0.3, 0.4) is 0 Å². The number of anilines is 2. The molecule has 2 aromatic carbocycles. The molecule has 0 atom stereocenters. The molecule has 0 saturated carbocycles. The van der Waals surface area contributed by atoms with Gasteiger partial charge in [-0.3, -0.25) is 4.98 Å². The number of aryl methyl sites for hydroxylation is 2. The summed E-state index contributed by atoms with van der Waals surface area (Å²) < 4.78 is 2.18. The summed E-state index contributed by atoms with van der Waals surface area (Å²) in [6, 6.07) is 20.7. The van der Waals surface area contributed by atoms with E-state index in [4.69, 9.17) is 0 Å². The van der Waals surface area contributed by atoms with Crippen LogP contribution in [0.25, 0.3) is 16.6 Å². The van der Waals surface area contributed by atoms with Gasteiger partial charge in [0.15, 0.2) is 0 Å². The zero-order valence-corrected chi connectivity index (χ0v) is 15.5. The Balaban J connectivity index is 1.66. The van der Waals surface area contributed by atoms with E-state index in [9.17, 15) is 0 Å². The SMILES string of the molecule is C=C(Nc1cc(C)cnc1C)Nc1cn(-c2ccccc2)c2ccccc12. The lowest BCUT2D eigenvalue weighted by molar-refractivity contribution is 1.13. The monoisotopic (exact) mass is 354 g/mol. The summed E-state index contributed by atoms with van der Waals surface area (Å²) in [4.78, 5) is 4.40. The van der Waals surface area contributed by atoms with E-state index >= 15 is 0 Å². The topological polar surface area (TPSA) is 41.9 Å². The first-order valence-corrected chi connectivity index (χ1v) is 8.93. The minimum atomic E-state index is 0.710. The van der Waals surface area contributed by atoms with Crippen LogP contribution in [0.1, 0.15) is 11.3 Å². The highest BCUT2D eigenvalue weighted by Crippen LogP contribution is 2.29. The first-order chi connectivity index (χ1) is 13.1. The van der Waals surface area contributed by atoms with E-state index in [1.165, 1.54) is 0 Å². The molecule has 0 radical (unpaired) electrons. The number of hydrogen-bond donors (Lipinski definition) is 2. The predicted molar refractivity (Wildman–Crippen MR) is 113 cm³/mol. The van der Waals surface area contributed by atoms with Crippen molar-refractivity contribution < 1.29 is 0 Å². The Morgan fingerprint density at radius 1 is 0.926 bits per heavy atom. The Morgan fingerprint density at radius 2 is 1.63 bits per heavy atom. The first kappa shape index (κ1) is 16.9. The normalized spacial score (nSPS) is 10.7. The predicted octanol–water partition coefficient (Wildman–Crippen LogP) is 5.64. The van der Waals surface area contributed by atoms with Crippen LogP contribution in [-0.2, 0) is 0 Å². The fourth-order valence-corrected chi connectivity index (χ4v) is 3.20. The maximum absolute atomic E-state index is 4.40. The minimum Gasteiger partial charge on any atom is -0.341 e. The lowest BCUT2D eigenvalue weighted by Gasteiger charge is -2.13. The zero-order valence-electron chi connectivity index (χ0n) is 15.5. The van der Waals surface area contributed by atoms with E-state index in [0.29, 0.717) is 5.82 Å². The van der Waals surface area contributed by atoms with Gasteiger partial charge >= 0.3 is 0 Å². The highest BCUT2D eigenvalue weighted by molar-refractivity contribution is 5.95. The molecule has 4 nitrogen and oxygen atoms in total. The van der Waals surface area contributed by atoms with Gasteiger partial charge in [-0.1, -0.05) is 43.0 Å². The van der Waals surface area contributed by atoms with Gasteiger partial charge in [-0.05, 0) is 43.7 Å². The maximum atomic E-state index is 4.40. The fraction of sp³-hybridized carbons (Fsp3) is 0.0870. The Bertz CT molecular complexity index is 1110. The van der Waals surface area contributed by atoms with Gasteiger partial charge in [0.25, 0.3) is 0 Å². The van der Waals surface area contributed by atoms with Crippen LogP contribution < -0.4 is 10.6 Å². The third kappa shape index (κ3) is 3.42. The van der Waals surface area contributed by atoms with Crippen molar-refractivity contribution in [2.45, 2.75) is 13.8 Å². The lowest BCUT2D eigenvalue weighted by Crippen LogP contribution is -2.09. The summed E-state index contributed by atoms with van der Waals surface area (Å²) in [7, 11) is 0. The van der Waals surface area contributed by atoms with Crippen molar-refractivity contribution in [1.29, 1.82) is 0 Å². The fourth-order valence-electron chi connectivity index (χ4n) is 3.20. The van der Waals surface area contributed by atoms with Crippen LogP contribution in [-0.4, -0.2) is 9.55 Å². The van der Waals surface area contributed by atoms with Gasteiger partial charge in [0.05, 0.1) is 22.6 Å². The highest BCUT2D eigenvalue weighted by Gasteiger charge is 2.10. The van der Waals surface area contributed by atoms with Crippen molar-refractivity contribution >= 4 is 22.3 Å². The standard InChI is InChI=1S/C23H22N4/c1-16-13-21(17(2)24-14-16)25-18(3)26-22-15-27(19-9-5-4-6-10-19)23-12-8-7-11-20(22)23/h4-15,25-26H,3H2,1-2H3. The van der Waals surface area contributed by atoms with Crippen LogP contribution in [0.5, 0.6) is 0 Å².